The number of hydrogen-bond donors (Lipinski definition) is 2. The molecule has 1 saturated heterocycles. The van der Waals surface area contributed by atoms with Gasteiger partial charge in [-0.2, -0.15) is 4.31 Å². The lowest BCUT2D eigenvalue weighted by Crippen LogP contribution is -2.61. The first-order valence-electron chi connectivity index (χ1n) is 12.4. The van der Waals surface area contributed by atoms with Crippen molar-refractivity contribution in [2.75, 3.05) is 19.6 Å². The molecule has 0 spiro atoms. The van der Waals surface area contributed by atoms with Crippen LogP contribution in [0.25, 0.3) is 0 Å². The summed E-state index contributed by atoms with van der Waals surface area (Å²) in [5.74, 6) is -6.77. The summed E-state index contributed by atoms with van der Waals surface area (Å²) in [6.45, 7) is 0.0272. The molecule has 1 unspecified atom stereocenters. The van der Waals surface area contributed by atoms with E-state index in [4.69, 9.17) is 5.11 Å². The number of halogens is 5. The van der Waals surface area contributed by atoms with Crippen LogP contribution in [0, 0.1) is 0 Å². The highest BCUT2D eigenvalue weighted by Crippen LogP contribution is 2.31. The highest BCUT2D eigenvalue weighted by Gasteiger charge is 2.41. The molecule has 2 amide bonds. The normalized spacial score (nSPS) is 16.8. The topological polar surface area (TPSA) is 133 Å². The lowest BCUT2D eigenvalue weighted by molar-refractivity contribution is -0.274. The fourth-order valence-electron chi connectivity index (χ4n) is 4.04. The van der Waals surface area contributed by atoms with E-state index in [1.807, 2.05) is 0 Å². The maximum atomic E-state index is 13.9. The van der Waals surface area contributed by atoms with Gasteiger partial charge in [-0.25, -0.2) is 22.0 Å². The van der Waals surface area contributed by atoms with Gasteiger partial charge in [-0.3, -0.25) is 9.59 Å². The molecule has 0 radical (unpaired) electrons. The quantitative estimate of drug-likeness (QED) is 0.308. The van der Waals surface area contributed by atoms with Gasteiger partial charge in [0.1, 0.15) is 11.8 Å². The van der Waals surface area contributed by atoms with Gasteiger partial charge in [0.25, 0.3) is 5.92 Å². The molecule has 42 heavy (non-hydrogen) atoms. The second-order valence-corrected chi connectivity index (χ2v) is 11.0. The van der Waals surface area contributed by atoms with E-state index in [2.05, 4.69) is 10.1 Å². The third kappa shape index (κ3) is 8.25. The summed E-state index contributed by atoms with van der Waals surface area (Å²) in [5, 5.41) is 11.3. The molecule has 1 aliphatic rings. The summed E-state index contributed by atoms with van der Waals surface area (Å²) >= 11 is 0. The molecule has 0 bridgehead atoms. The van der Waals surface area contributed by atoms with Crippen LogP contribution < -0.4 is 10.1 Å². The van der Waals surface area contributed by atoms with Crippen molar-refractivity contribution in [1.82, 2.24) is 14.5 Å². The van der Waals surface area contributed by atoms with Crippen molar-refractivity contribution in [3.8, 4) is 5.75 Å². The predicted molar refractivity (Wildman–Crippen MR) is 137 cm³/mol. The number of amides is 2. The molecule has 2 aromatic carbocycles. The van der Waals surface area contributed by atoms with E-state index in [0.29, 0.717) is 11.6 Å². The summed E-state index contributed by atoms with van der Waals surface area (Å²) < 4.78 is 96.7. The molecule has 2 aromatic rings. The number of carbonyl (C=O) groups is 3. The lowest BCUT2D eigenvalue weighted by Gasteiger charge is -2.39. The van der Waals surface area contributed by atoms with Crippen molar-refractivity contribution >= 4 is 27.8 Å². The number of carboxylic acid groups (broad SMARTS) is 1. The number of sulfonamides is 1. The Bertz CT molecular complexity index is 1430. The summed E-state index contributed by atoms with van der Waals surface area (Å²) in [5.41, 5.74) is 0.196. The maximum absolute atomic E-state index is 13.9. The number of nitrogens with zero attached hydrogens (tertiary/aromatic N) is 2. The molecule has 16 heteroatoms. The second kappa shape index (κ2) is 12.9. The van der Waals surface area contributed by atoms with Gasteiger partial charge in [-0.1, -0.05) is 31.2 Å². The fraction of sp³-hybridized carbons (Fsp3) is 0.346. The number of aliphatic carboxylic acids is 1. The van der Waals surface area contributed by atoms with E-state index in [1.54, 1.807) is 0 Å². The number of carbonyl (C=O) groups excluding carboxylic acids is 2. The first-order chi connectivity index (χ1) is 19.5. The van der Waals surface area contributed by atoms with Crippen LogP contribution in [0.4, 0.5) is 22.0 Å². The standard InChI is InChI=1S/C26H26F5N3O7S/c1-2-25(27,28)18-5-3-17(4-6-18)15-32-24(38)21-16-33(22(35)11-12-23(36)37)13-14-34(21)42(39,40)20-9-7-19(8-10-20)41-26(29,30)31/h3-12,21H,2,13-16H2,1H3,(H,32,38)(H,36,37). The molecule has 1 aliphatic heterocycles. The number of rotatable bonds is 10. The SMILES string of the molecule is CCC(F)(F)c1ccc(CNC(=O)C2CN(C(=O)C=CC(=O)O)CCN2S(=O)(=O)c2ccc(OC(F)(F)F)cc2)cc1. The maximum Gasteiger partial charge on any atom is 0.573 e. The Hall–Kier alpha value is -4.05. The number of hydrogen-bond acceptors (Lipinski definition) is 6. The van der Waals surface area contributed by atoms with Gasteiger partial charge < -0.3 is 20.1 Å². The van der Waals surface area contributed by atoms with Crippen LogP contribution in [-0.4, -0.2) is 72.6 Å². The van der Waals surface area contributed by atoms with Crippen LogP contribution in [0.15, 0.2) is 65.6 Å². The minimum absolute atomic E-state index is 0.183. The molecule has 1 atom stereocenters. The first kappa shape index (κ1) is 32.5. The predicted octanol–water partition coefficient (Wildman–Crippen LogP) is 3.25. The Morgan fingerprint density at radius 3 is 2.17 bits per heavy atom. The molecular weight excluding hydrogens is 593 g/mol. The fourth-order valence-corrected chi connectivity index (χ4v) is 5.61. The van der Waals surface area contributed by atoms with E-state index in [0.717, 1.165) is 39.5 Å². The molecule has 0 aromatic heterocycles. The number of piperazine rings is 1. The van der Waals surface area contributed by atoms with Crippen molar-refractivity contribution < 1.29 is 54.6 Å². The number of ether oxygens (including phenoxy) is 1. The van der Waals surface area contributed by atoms with Crippen LogP contribution in [0.5, 0.6) is 5.75 Å². The second-order valence-electron chi connectivity index (χ2n) is 9.08. The average molecular weight is 620 g/mol. The largest absolute Gasteiger partial charge is 0.573 e. The van der Waals surface area contributed by atoms with Crippen LogP contribution in [-0.2, 0) is 36.9 Å². The molecule has 228 valence electrons. The van der Waals surface area contributed by atoms with Crippen molar-refractivity contribution in [2.24, 2.45) is 0 Å². The third-order valence-corrected chi connectivity index (χ3v) is 8.19. The minimum Gasteiger partial charge on any atom is -0.478 e. The van der Waals surface area contributed by atoms with Gasteiger partial charge in [0, 0.05) is 50.3 Å². The Morgan fingerprint density at radius 1 is 1.00 bits per heavy atom. The first-order valence-corrected chi connectivity index (χ1v) is 13.8. The summed E-state index contributed by atoms with van der Waals surface area (Å²) in [4.78, 5) is 37.1. The van der Waals surface area contributed by atoms with E-state index in [9.17, 15) is 44.8 Å². The molecule has 10 nitrogen and oxygen atoms in total. The molecule has 0 saturated carbocycles. The minimum atomic E-state index is -5.00. The van der Waals surface area contributed by atoms with Crippen molar-refractivity contribution in [3.05, 3.63) is 71.8 Å². The Balaban J connectivity index is 1.84. The number of alkyl halides is 5. The molecule has 3 rings (SSSR count). The van der Waals surface area contributed by atoms with Gasteiger partial charge in [-0.15, -0.1) is 13.2 Å². The van der Waals surface area contributed by atoms with Gasteiger partial charge in [0.15, 0.2) is 0 Å². The highest BCUT2D eigenvalue weighted by molar-refractivity contribution is 7.89. The third-order valence-electron chi connectivity index (χ3n) is 6.27. The highest BCUT2D eigenvalue weighted by atomic mass is 32.2. The lowest BCUT2D eigenvalue weighted by atomic mass is 10.0. The van der Waals surface area contributed by atoms with E-state index < -0.39 is 76.3 Å². The van der Waals surface area contributed by atoms with Gasteiger partial charge in [0.05, 0.1) is 4.90 Å². The van der Waals surface area contributed by atoms with E-state index >= 15 is 0 Å². The summed E-state index contributed by atoms with van der Waals surface area (Å²) in [6, 6.07) is 6.92. The van der Waals surface area contributed by atoms with Gasteiger partial charge >= 0.3 is 12.3 Å². The summed E-state index contributed by atoms with van der Waals surface area (Å²) in [7, 11) is -4.50. The molecular formula is C26H26F5N3O7S. The zero-order valence-electron chi connectivity index (χ0n) is 22.0. The van der Waals surface area contributed by atoms with Gasteiger partial charge in [-0.05, 0) is 29.8 Å². The van der Waals surface area contributed by atoms with Gasteiger partial charge in [0.2, 0.25) is 21.8 Å². The zero-order chi connectivity index (χ0) is 31.3. The smallest absolute Gasteiger partial charge is 0.478 e. The van der Waals surface area contributed by atoms with Crippen LogP contribution in [0.1, 0.15) is 24.5 Å². The molecule has 2 N–H and O–H groups in total. The summed E-state index contributed by atoms with van der Waals surface area (Å²) in [6.07, 6.45) is -4.09. The Kier molecular flexibility index (Phi) is 9.94. The Labute approximate surface area is 237 Å². The van der Waals surface area contributed by atoms with Crippen LogP contribution in [0.2, 0.25) is 0 Å². The van der Waals surface area contributed by atoms with Crippen molar-refractivity contribution in [2.45, 2.75) is 43.1 Å². The monoisotopic (exact) mass is 619 g/mol. The van der Waals surface area contributed by atoms with E-state index in [1.165, 1.54) is 31.2 Å². The number of carboxylic acids is 1. The molecule has 1 heterocycles. The average Bonchev–Trinajstić information content (AvgIpc) is 2.93. The van der Waals surface area contributed by atoms with Crippen molar-refractivity contribution in [3.63, 3.8) is 0 Å². The number of benzene rings is 2. The van der Waals surface area contributed by atoms with Crippen LogP contribution in [0.3, 0.4) is 0 Å². The molecule has 1 fully saturated rings. The number of nitrogens with one attached hydrogen (secondary N) is 1. The Morgan fingerprint density at radius 2 is 1.62 bits per heavy atom. The van der Waals surface area contributed by atoms with Crippen molar-refractivity contribution in [1.29, 1.82) is 0 Å². The van der Waals surface area contributed by atoms with Crippen LogP contribution >= 0.6 is 0 Å². The molecule has 0 aliphatic carbocycles. The van der Waals surface area contributed by atoms with E-state index in [-0.39, 0.29) is 18.7 Å². The zero-order valence-corrected chi connectivity index (χ0v) is 22.8.